The minimum absolute atomic E-state index is 0.240. The van der Waals surface area contributed by atoms with E-state index in [2.05, 4.69) is 36.4 Å². The van der Waals surface area contributed by atoms with Gasteiger partial charge >= 0.3 is 0 Å². The lowest BCUT2D eigenvalue weighted by molar-refractivity contribution is 0.102. The number of nitrogens with zero attached hydrogens (tertiary/aromatic N) is 4. The normalized spacial score (nSPS) is 10.6. The Morgan fingerprint density at radius 1 is 1.42 bits per heavy atom. The highest BCUT2D eigenvalue weighted by Gasteiger charge is 2.10. The molecule has 3 aromatic rings. The summed E-state index contributed by atoms with van der Waals surface area (Å²) in [6, 6.07) is 5.18. The number of nitrogens with one attached hydrogen (secondary N) is 1. The van der Waals surface area contributed by atoms with Gasteiger partial charge in [-0.2, -0.15) is 0 Å². The fourth-order valence-electron chi connectivity index (χ4n) is 1.69. The van der Waals surface area contributed by atoms with Crippen molar-refractivity contribution < 1.29 is 4.79 Å². The standard InChI is InChI=1S/C12H8BrN5O/c13-9-4-10(11-17-15-7-18(11)6-9)16-12(19)8-2-1-3-14-5-8/h1-7H,(H,16,19). The maximum atomic E-state index is 12.1. The number of pyridine rings is 2. The van der Waals surface area contributed by atoms with Crippen LogP contribution < -0.4 is 5.32 Å². The highest BCUT2D eigenvalue weighted by Crippen LogP contribution is 2.21. The number of carbonyl (C=O) groups is 1. The second-order valence-corrected chi connectivity index (χ2v) is 4.75. The van der Waals surface area contributed by atoms with Crippen LogP contribution in [0.3, 0.4) is 0 Å². The topological polar surface area (TPSA) is 72.2 Å². The second kappa shape index (κ2) is 4.77. The van der Waals surface area contributed by atoms with Crippen LogP contribution in [-0.4, -0.2) is 25.5 Å². The van der Waals surface area contributed by atoms with Crippen molar-refractivity contribution in [2.45, 2.75) is 0 Å². The molecule has 3 rings (SSSR count). The average molecular weight is 318 g/mol. The Morgan fingerprint density at radius 3 is 3.11 bits per heavy atom. The fourth-order valence-corrected chi connectivity index (χ4v) is 2.14. The Hall–Kier alpha value is -2.28. The number of halogens is 1. The van der Waals surface area contributed by atoms with Gasteiger partial charge in [0, 0.05) is 23.1 Å². The number of amides is 1. The molecule has 1 amide bonds. The van der Waals surface area contributed by atoms with E-state index in [0.29, 0.717) is 16.9 Å². The number of rotatable bonds is 2. The van der Waals surface area contributed by atoms with E-state index in [1.807, 2.05) is 6.20 Å². The molecule has 19 heavy (non-hydrogen) atoms. The average Bonchev–Trinajstić information content (AvgIpc) is 2.88. The summed E-state index contributed by atoms with van der Waals surface area (Å²) in [5.74, 6) is -0.240. The van der Waals surface area contributed by atoms with Crippen LogP contribution in [0.2, 0.25) is 0 Å². The van der Waals surface area contributed by atoms with Crippen molar-refractivity contribution in [1.82, 2.24) is 19.6 Å². The maximum Gasteiger partial charge on any atom is 0.257 e. The minimum atomic E-state index is -0.240. The van der Waals surface area contributed by atoms with Gasteiger partial charge in [0.05, 0.1) is 11.3 Å². The molecule has 0 radical (unpaired) electrons. The third-order valence-corrected chi connectivity index (χ3v) is 2.96. The maximum absolute atomic E-state index is 12.1. The van der Waals surface area contributed by atoms with Crippen LogP contribution in [0.25, 0.3) is 5.65 Å². The molecule has 6 nitrogen and oxygen atoms in total. The quantitative estimate of drug-likeness (QED) is 0.786. The molecule has 3 aromatic heterocycles. The molecule has 1 N–H and O–H groups in total. The van der Waals surface area contributed by atoms with Gasteiger partial charge in [-0.05, 0) is 34.1 Å². The van der Waals surface area contributed by atoms with E-state index in [0.717, 1.165) is 4.47 Å². The molecule has 0 unspecified atom stereocenters. The molecule has 3 heterocycles. The Kier molecular flexibility index (Phi) is 2.96. The van der Waals surface area contributed by atoms with E-state index in [9.17, 15) is 4.79 Å². The van der Waals surface area contributed by atoms with Gasteiger partial charge in [-0.15, -0.1) is 10.2 Å². The van der Waals surface area contributed by atoms with E-state index in [4.69, 9.17) is 0 Å². The molecule has 0 spiro atoms. The third-order valence-electron chi connectivity index (χ3n) is 2.53. The van der Waals surface area contributed by atoms with Gasteiger partial charge in [-0.3, -0.25) is 14.2 Å². The summed E-state index contributed by atoms with van der Waals surface area (Å²) in [6.45, 7) is 0. The summed E-state index contributed by atoms with van der Waals surface area (Å²) >= 11 is 3.37. The van der Waals surface area contributed by atoms with Gasteiger partial charge in [-0.25, -0.2) is 0 Å². The van der Waals surface area contributed by atoms with Crippen molar-refractivity contribution in [3.63, 3.8) is 0 Å². The summed E-state index contributed by atoms with van der Waals surface area (Å²) in [7, 11) is 0. The van der Waals surface area contributed by atoms with Gasteiger partial charge in [0.1, 0.15) is 6.33 Å². The number of anilines is 1. The molecular weight excluding hydrogens is 310 g/mol. The molecule has 0 aliphatic rings. The Bertz CT molecular complexity index is 740. The number of aromatic nitrogens is 4. The van der Waals surface area contributed by atoms with E-state index >= 15 is 0 Å². The lowest BCUT2D eigenvalue weighted by Crippen LogP contribution is -2.13. The van der Waals surface area contributed by atoms with Gasteiger partial charge in [0.25, 0.3) is 5.91 Å². The number of carbonyl (C=O) groups excluding carboxylic acids is 1. The molecule has 94 valence electrons. The molecule has 0 aliphatic carbocycles. The molecule has 0 bridgehead atoms. The lowest BCUT2D eigenvalue weighted by Gasteiger charge is -2.06. The molecule has 0 aromatic carbocycles. The molecule has 0 saturated carbocycles. The SMILES string of the molecule is O=C(Nc1cc(Br)cn2cnnc12)c1cccnc1. The zero-order chi connectivity index (χ0) is 13.2. The first-order valence-corrected chi connectivity index (χ1v) is 6.23. The first-order chi connectivity index (χ1) is 9.24. The summed E-state index contributed by atoms with van der Waals surface area (Å²) < 4.78 is 2.55. The Morgan fingerprint density at radius 2 is 2.32 bits per heavy atom. The third kappa shape index (κ3) is 2.32. The number of hydrogen-bond acceptors (Lipinski definition) is 4. The van der Waals surface area contributed by atoms with Crippen molar-refractivity contribution in [1.29, 1.82) is 0 Å². The van der Waals surface area contributed by atoms with Gasteiger partial charge in [-0.1, -0.05) is 0 Å². The lowest BCUT2D eigenvalue weighted by atomic mass is 10.2. The largest absolute Gasteiger partial charge is 0.319 e. The van der Waals surface area contributed by atoms with Crippen LogP contribution >= 0.6 is 15.9 Å². The molecule has 0 atom stereocenters. The first kappa shape index (κ1) is 11.8. The highest BCUT2D eigenvalue weighted by atomic mass is 79.9. The van der Waals surface area contributed by atoms with Crippen molar-refractivity contribution in [3.05, 3.63) is 53.2 Å². The minimum Gasteiger partial charge on any atom is -0.319 e. The molecule has 7 heteroatoms. The van der Waals surface area contributed by atoms with Gasteiger partial charge < -0.3 is 5.32 Å². The molecule has 0 aliphatic heterocycles. The predicted molar refractivity (Wildman–Crippen MR) is 72.9 cm³/mol. The van der Waals surface area contributed by atoms with Crippen LogP contribution in [0.15, 0.2) is 47.6 Å². The van der Waals surface area contributed by atoms with E-state index in [1.54, 1.807) is 35.1 Å². The summed E-state index contributed by atoms with van der Waals surface area (Å²) in [5.41, 5.74) is 1.65. The van der Waals surface area contributed by atoms with E-state index in [1.165, 1.54) is 6.20 Å². The van der Waals surface area contributed by atoms with Crippen LogP contribution in [0.1, 0.15) is 10.4 Å². The van der Waals surface area contributed by atoms with Crippen molar-refractivity contribution in [2.24, 2.45) is 0 Å². The monoisotopic (exact) mass is 317 g/mol. The van der Waals surface area contributed by atoms with Crippen molar-refractivity contribution in [3.8, 4) is 0 Å². The highest BCUT2D eigenvalue weighted by molar-refractivity contribution is 9.10. The Balaban J connectivity index is 1.97. The van der Waals surface area contributed by atoms with Crippen LogP contribution in [0.4, 0.5) is 5.69 Å². The molecular formula is C12H8BrN5O. The zero-order valence-electron chi connectivity index (χ0n) is 9.62. The smallest absolute Gasteiger partial charge is 0.257 e. The summed E-state index contributed by atoms with van der Waals surface area (Å²) in [4.78, 5) is 16.0. The number of hydrogen-bond donors (Lipinski definition) is 1. The summed E-state index contributed by atoms with van der Waals surface area (Å²) in [6.07, 6.45) is 6.51. The Labute approximate surface area is 116 Å². The summed E-state index contributed by atoms with van der Waals surface area (Å²) in [5, 5.41) is 10.6. The molecule has 0 saturated heterocycles. The van der Waals surface area contributed by atoms with Crippen LogP contribution in [0.5, 0.6) is 0 Å². The predicted octanol–water partition coefficient (Wildman–Crippen LogP) is 2.14. The number of fused-ring (bicyclic) bond motifs is 1. The van der Waals surface area contributed by atoms with Gasteiger partial charge in [0.15, 0.2) is 5.65 Å². The second-order valence-electron chi connectivity index (χ2n) is 3.83. The van der Waals surface area contributed by atoms with Crippen molar-refractivity contribution >= 4 is 33.2 Å². The zero-order valence-corrected chi connectivity index (χ0v) is 11.2. The van der Waals surface area contributed by atoms with Crippen LogP contribution in [-0.2, 0) is 0 Å². The first-order valence-electron chi connectivity index (χ1n) is 5.44. The molecule has 0 fully saturated rings. The van der Waals surface area contributed by atoms with E-state index in [-0.39, 0.29) is 5.91 Å². The fraction of sp³-hybridized carbons (Fsp3) is 0. The van der Waals surface area contributed by atoms with E-state index < -0.39 is 0 Å². The van der Waals surface area contributed by atoms with Gasteiger partial charge in [0.2, 0.25) is 0 Å². The van der Waals surface area contributed by atoms with Crippen molar-refractivity contribution in [2.75, 3.05) is 5.32 Å². The van der Waals surface area contributed by atoms with Crippen LogP contribution in [0, 0.1) is 0 Å².